The van der Waals surface area contributed by atoms with Gasteiger partial charge < -0.3 is 15.2 Å². The third-order valence-electron chi connectivity index (χ3n) is 7.12. The van der Waals surface area contributed by atoms with Gasteiger partial charge in [0.2, 0.25) is 11.8 Å². The highest BCUT2D eigenvalue weighted by Gasteiger charge is 2.51. The average Bonchev–Trinajstić information content (AvgIpc) is 3.35. The second-order valence-electron chi connectivity index (χ2n) is 9.08. The molecule has 34 heavy (non-hydrogen) atoms. The molecule has 3 aliphatic rings. The van der Waals surface area contributed by atoms with Gasteiger partial charge in [0.05, 0.1) is 11.8 Å². The second-order valence-corrected chi connectivity index (χ2v) is 9.08. The number of nitrogens with one attached hydrogen (secondary N) is 2. The fraction of sp³-hybridized carbons (Fsp3) is 0.360. The topological polar surface area (TPSA) is 125 Å². The van der Waals surface area contributed by atoms with Gasteiger partial charge in [-0.2, -0.15) is 0 Å². The van der Waals surface area contributed by atoms with Crippen molar-refractivity contribution in [2.45, 2.75) is 37.6 Å². The molecule has 1 atom stereocenters. The molecule has 2 fully saturated rings. The first-order chi connectivity index (χ1) is 16.4. The van der Waals surface area contributed by atoms with Gasteiger partial charge in [0.25, 0.3) is 0 Å². The minimum Gasteiger partial charge on any atom is -0.480 e. The Hall–Kier alpha value is -3.88. The van der Waals surface area contributed by atoms with Crippen LogP contribution >= 0.6 is 0 Å². The van der Waals surface area contributed by atoms with Gasteiger partial charge in [0.15, 0.2) is 6.04 Å². The molecule has 3 N–H and O–H groups in total. The zero-order chi connectivity index (χ0) is 23.9. The summed E-state index contributed by atoms with van der Waals surface area (Å²) in [5.41, 5.74) is 5.87. The van der Waals surface area contributed by atoms with Crippen molar-refractivity contribution in [1.29, 1.82) is 0 Å². The van der Waals surface area contributed by atoms with Crippen LogP contribution in [0.5, 0.6) is 0 Å². The third-order valence-corrected chi connectivity index (χ3v) is 7.12. The Morgan fingerprint density at radius 1 is 1.06 bits per heavy atom. The van der Waals surface area contributed by atoms with E-state index in [0.29, 0.717) is 12.8 Å². The lowest BCUT2D eigenvalue weighted by molar-refractivity contribution is -0.159. The monoisotopic (exact) mass is 463 g/mol. The minimum absolute atomic E-state index is 0.0151. The Kier molecular flexibility index (Phi) is 5.47. The van der Waals surface area contributed by atoms with E-state index in [0.717, 1.165) is 33.7 Å². The maximum Gasteiger partial charge on any atom is 0.407 e. The summed E-state index contributed by atoms with van der Waals surface area (Å²) in [4.78, 5) is 48.8. The van der Waals surface area contributed by atoms with Crippen LogP contribution < -0.4 is 10.7 Å². The first-order valence-corrected chi connectivity index (χ1v) is 11.3. The van der Waals surface area contributed by atoms with E-state index in [2.05, 4.69) is 22.9 Å². The molecule has 3 amide bonds. The molecule has 0 spiro atoms. The van der Waals surface area contributed by atoms with Crippen molar-refractivity contribution in [3.8, 4) is 11.1 Å². The number of rotatable bonds is 6. The highest BCUT2D eigenvalue weighted by Crippen LogP contribution is 2.45. The number of carbonyl (C=O) groups excluding carboxylic acids is 3. The Morgan fingerprint density at radius 3 is 2.24 bits per heavy atom. The smallest absolute Gasteiger partial charge is 0.407 e. The molecule has 176 valence electrons. The zero-order valence-electron chi connectivity index (χ0n) is 18.5. The Labute approximate surface area is 196 Å². The van der Waals surface area contributed by atoms with Gasteiger partial charge in [-0.3, -0.25) is 15.0 Å². The number of aliphatic carboxylic acids is 1. The number of hydrogen-bond donors (Lipinski definition) is 3. The van der Waals surface area contributed by atoms with Gasteiger partial charge in [-0.05, 0) is 35.1 Å². The van der Waals surface area contributed by atoms with Crippen molar-refractivity contribution in [2.24, 2.45) is 5.41 Å². The van der Waals surface area contributed by atoms with Crippen molar-refractivity contribution in [3.05, 3.63) is 59.7 Å². The predicted molar refractivity (Wildman–Crippen MR) is 120 cm³/mol. The number of alkyl carbamates (subject to hydrolysis) is 1. The molecular weight excluding hydrogens is 438 g/mol. The maximum absolute atomic E-state index is 13.1. The molecule has 0 aromatic heterocycles. The Balaban J connectivity index is 1.22. The van der Waals surface area contributed by atoms with Crippen LogP contribution in [0, 0.1) is 5.41 Å². The molecule has 2 aromatic carbocycles. The normalized spacial score (nSPS) is 20.1. The summed E-state index contributed by atoms with van der Waals surface area (Å²) in [6.07, 6.45) is 0.845. The van der Waals surface area contributed by atoms with E-state index in [9.17, 15) is 24.3 Å². The summed E-state index contributed by atoms with van der Waals surface area (Å²) in [6, 6.07) is 14.8. The molecule has 0 bridgehead atoms. The molecule has 1 saturated carbocycles. The highest BCUT2D eigenvalue weighted by molar-refractivity contribution is 5.96. The molecule has 1 aliphatic heterocycles. The van der Waals surface area contributed by atoms with Crippen LogP contribution in [0.2, 0.25) is 0 Å². The largest absolute Gasteiger partial charge is 0.480 e. The van der Waals surface area contributed by atoms with Crippen LogP contribution in [0.1, 0.15) is 42.7 Å². The van der Waals surface area contributed by atoms with E-state index in [1.165, 1.54) is 0 Å². The van der Waals surface area contributed by atoms with E-state index in [4.69, 9.17) is 4.74 Å². The molecule has 5 rings (SSSR count). The van der Waals surface area contributed by atoms with Gasteiger partial charge in [0.1, 0.15) is 6.61 Å². The lowest BCUT2D eigenvalue weighted by atomic mass is 9.67. The van der Waals surface area contributed by atoms with E-state index in [1.54, 1.807) is 0 Å². The quantitative estimate of drug-likeness (QED) is 0.604. The number of benzene rings is 2. The molecule has 9 heteroatoms. The number of carboxylic acid groups (broad SMARTS) is 1. The van der Waals surface area contributed by atoms with Crippen molar-refractivity contribution in [3.63, 3.8) is 0 Å². The minimum atomic E-state index is -1.24. The predicted octanol–water partition coefficient (Wildman–Crippen LogP) is 2.41. The maximum atomic E-state index is 13.1. The fourth-order valence-corrected chi connectivity index (χ4v) is 5.13. The highest BCUT2D eigenvalue weighted by atomic mass is 16.5. The number of amides is 3. The Bertz CT molecular complexity index is 1130. The molecule has 1 unspecified atom stereocenters. The standard InChI is InChI=1S/C25H25N3O6/c29-21-12-20(22(30)31)28(27-21)23(32)25(10-5-11-25)14-26-24(33)34-13-19-17-8-3-1-6-15(17)16-7-2-4-9-18(16)19/h1-4,6-9,19-20H,5,10-14H2,(H,26,33)(H,27,29)(H,30,31). The average molecular weight is 463 g/mol. The van der Waals surface area contributed by atoms with E-state index in [-0.39, 0.29) is 25.5 Å². The van der Waals surface area contributed by atoms with Crippen LogP contribution in [0.15, 0.2) is 48.5 Å². The number of ether oxygens (including phenoxy) is 1. The zero-order valence-corrected chi connectivity index (χ0v) is 18.5. The molecule has 0 radical (unpaired) electrons. The van der Waals surface area contributed by atoms with Crippen LogP contribution in [-0.4, -0.2) is 53.2 Å². The summed E-state index contributed by atoms with van der Waals surface area (Å²) < 4.78 is 5.55. The van der Waals surface area contributed by atoms with Crippen molar-refractivity contribution >= 4 is 23.9 Å². The van der Waals surface area contributed by atoms with E-state index in [1.807, 2.05) is 36.4 Å². The number of carbonyl (C=O) groups is 4. The van der Waals surface area contributed by atoms with Crippen LogP contribution in [-0.2, 0) is 19.1 Å². The lowest BCUT2D eigenvalue weighted by Gasteiger charge is -2.42. The molecule has 1 heterocycles. The van der Waals surface area contributed by atoms with Gasteiger partial charge in [-0.15, -0.1) is 0 Å². The van der Waals surface area contributed by atoms with E-state index < -0.39 is 35.3 Å². The summed E-state index contributed by atoms with van der Waals surface area (Å²) >= 11 is 0. The SMILES string of the molecule is O=C1CC(C(=O)O)N(C(=O)C2(CNC(=O)OCC3c4ccccc4-c4ccccc43)CCC2)N1. The number of fused-ring (bicyclic) bond motifs is 3. The summed E-state index contributed by atoms with van der Waals surface area (Å²) in [7, 11) is 0. The van der Waals surface area contributed by atoms with Crippen LogP contribution in [0.4, 0.5) is 4.79 Å². The van der Waals surface area contributed by atoms with Crippen molar-refractivity contribution in [2.75, 3.05) is 13.2 Å². The Morgan fingerprint density at radius 2 is 1.68 bits per heavy atom. The molecule has 2 aliphatic carbocycles. The fourth-order valence-electron chi connectivity index (χ4n) is 5.13. The number of hydrazine groups is 1. The number of nitrogens with zero attached hydrogens (tertiary/aromatic N) is 1. The van der Waals surface area contributed by atoms with E-state index >= 15 is 0 Å². The first kappa shape index (κ1) is 21.9. The molecular formula is C25H25N3O6. The van der Waals surface area contributed by atoms with Gasteiger partial charge in [-0.1, -0.05) is 55.0 Å². The summed E-state index contributed by atoms with van der Waals surface area (Å²) in [5, 5.41) is 13.0. The first-order valence-electron chi connectivity index (χ1n) is 11.3. The van der Waals surface area contributed by atoms with Crippen molar-refractivity contribution < 1.29 is 29.0 Å². The van der Waals surface area contributed by atoms with Gasteiger partial charge >= 0.3 is 12.1 Å². The van der Waals surface area contributed by atoms with Crippen molar-refractivity contribution in [1.82, 2.24) is 15.8 Å². The van der Waals surface area contributed by atoms with Crippen LogP contribution in [0.25, 0.3) is 11.1 Å². The van der Waals surface area contributed by atoms with Gasteiger partial charge in [-0.25, -0.2) is 14.6 Å². The summed E-state index contributed by atoms with van der Waals surface area (Å²) in [6.45, 7) is 0.172. The van der Waals surface area contributed by atoms with Gasteiger partial charge in [0, 0.05) is 12.5 Å². The number of hydrogen-bond acceptors (Lipinski definition) is 5. The van der Waals surface area contributed by atoms with Crippen LogP contribution in [0.3, 0.4) is 0 Å². The molecule has 9 nitrogen and oxygen atoms in total. The second kappa shape index (κ2) is 8.48. The third kappa shape index (κ3) is 3.67. The lowest BCUT2D eigenvalue weighted by Crippen LogP contribution is -2.58. The molecule has 2 aromatic rings. The summed E-state index contributed by atoms with van der Waals surface area (Å²) in [5.74, 6) is -2.32. The molecule has 1 saturated heterocycles. The number of carboxylic acids is 1.